The number of ether oxygens (including phenoxy) is 2. The van der Waals surface area contributed by atoms with Crippen molar-refractivity contribution in [3.05, 3.63) is 53.6 Å². The number of fused-ring (bicyclic) bond motifs is 1. The van der Waals surface area contributed by atoms with E-state index in [1.807, 2.05) is 0 Å². The number of carbonyl (C=O) groups excluding carboxylic acids is 3. The fourth-order valence-corrected chi connectivity index (χ4v) is 3.31. The van der Waals surface area contributed by atoms with Gasteiger partial charge in [0, 0.05) is 30.3 Å². The molecule has 0 bridgehead atoms. The van der Waals surface area contributed by atoms with Crippen molar-refractivity contribution in [3.8, 4) is 11.5 Å². The molecular weight excluding hydrogens is 400 g/mol. The average molecular weight is 417 g/mol. The van der Waals surface area contributed by atoms with E-state index in [-0.39, 0.29) is 24.2 Å². The fourth-order valence-electron chi connectivity index (χ4n) is 3.31. The molecule has 0 aromatic heterocycles. The molecule has 0 radical (unpaired) electrons. The van der Waals surface area contributed by atoms with Crippen molar-refractivity contribution in [2.24, 2.45) is 5.92 Å². The summed E-state index contributed by atoms with van der Waals surface area (Å²) in [5.41, 5.74) is 4.85. The Kier molecular flexibility index (Phi) is 5.21. The van der Waals surface area contributed by atoms with Gasteiger partial charge in [-0.1, -0.05) is 0 Å². The van der Waals surface area contributed by atoms with Crippen molar-refractivity contribution in [1.29, 1.82) is 0 Å². The molecule has 156 valence electrons. The van der Waals surface area contributed by atoms with E-state index in [4.69, 9.17) is 9.47 Å². The number of benzene rings is 2. The largest absolute Gasteiger partial charge is 0.486 e. The number of amides is 3. The van der Waals surface area contributed by atoms with Crippen molar-refractivity contribution in [1.82, 2.24) is 10.9 Å². The van der Waals surface area contributed by atoms with Crippen LogP contribution in [0.5, 0.6) is 11.5 Å². The first kappa shape index (κ1) is 19.6. The molecule has 0 spiro atoms. The van der Waals surface area contributed by atoms with E-state index in [1.165, 1.54) is 12.1 Å². The average Bonchev–Trinajstić information content (AvgIpc) is 3.12. The number of hydrogen-bond donors (Lipinski definition) is 2. The molecule has 0 saturated carbocycles. The summed E-state index contributed by atoms with van der Waals surface area (Å²) in [6.07, 6.45) is -0.149. The van der Waals surface area contributed by atoms with Gasteiger partial charge < -0.3 is 14.4 Å². The summed E-state index contributed by atoms with van der Waals surface area (Å²) in [5.74, 6) is -3.08. The number of anilines is 1. The molecule has 2 heterocycles. The van der Waals surface area contributed by atoms with Crippen molar-refractivity contribution in [2.75, 3.05) is 24.7 Å². The smallest absolute Gasteiger partial charge is 0.269 e. The normalized spacial score (nSPS) is 17.6. The molecule has 4 rings (SSSR count). The minimum atomic E-state index is -0.822. The third-order valence-electron chi connectivity index (χ3n) is 4.76. The lowest BCUT2D eigenvalue weighted by molar-refractivity contribution is -0.126. The van der Waals surface area contributed by atoms with Gasteiger partial charge in [0.05, 0.1) is 5.92 Å². The topological polar surface area (TPSA) is 97.0 Å². The van der Waals surface area contributed by atoms with Crippen molar-refractivity contribution >= 4 is 23.4 Å². The maximum absolute atomic E-state index is 13.4. The maximum atomic E-state index is 13.4. The first-order valence-electron chi connectivity index (χ1n) is 9.17. The van der Waals surface area contributed by atoms with Gasteiger partial charge in [-0.25, -0.2) is 8.78 Å². The molecule has 0 aliphatic carbocycles. The van der Waals surface area contributed by atoms with Crippen LogP contribution in [0.15, 0.2) is 36.4 Å². The molecule has 2 N–H and O–H groups in total. The Morgan fingerprint density at radius 2 is 1.67 bits per heavy atom. The number of nitrogens with zero attached hydrogens (tertiary/aromatic N) is 1. The summed E-state index contributed by atoms with van der Waals surface area (Å²) in [6.45, 7) is 0.734. The molecule has 1 fully saturated rings. The highest BCUT2D eigenvalue weighted by Crippen LogP contribution is 2.30. The molecular formula is C20H17F2N3O5. The van der Waals surface area contributed by atoms with E-state index in [0.717, 1.165) is 17.0 Å². The third-order valence-corrected chi connectivity index (χ3v) is 4.76. The second kappa shape index (κ2) is 7.97. The lowest BCUT2D eigenvalue weighted by atomic mass is 10.1. The maximum Gasteiger partial charge on any atom is 0.269 e. The number of rotatable bonds is 3. The first-order valence-corrected chi connectivity index (χ1v) is 9.17. The molecule has 2 aromatic rings. The van der Waals surface area contributed by atoms with Gasteiger partial charge in [-0.05, 0) is 30.3 Å². The van der Waals surface area contributed by atoms with Crippen LogP contribution < -0.4 is 25.2 Å². The van der Waals surface area contributed by atoms with Crippen LogP contribution in [0.3, 0.4) is 0 Å². The summed E-state index contributed by atoms with van der Waals surface area (Å²) >= 11 is 0. The zero-order chi connectivity index (χ0) is 21.3. The Hall–Kier alpha value is -3.69. The molecule has 2 aliphatic rings. The van der Waals surface area contributed by atoms with E-state index in [9.17, 15) is 23.2 Å². The van der Waals surface area contributed by atoms with Gasteiger partial charge in [0.2, 0.25) is 11.8 Å². The zero-order valence-electron chi connectivity index (χ0n) is 15.6. The standard InChI is InChI=1S/C20H17F2N3O5/c21-13-7-14(22)9-15(8-13)25-10-12(6-18(25)26)20(28)24-23-19(27)11-1-2-16-17(5-11)30-4-3-29-16/h1-2,5,7-9,12H,3-4,6,10H2,(H,23,27)(H,24,28). The van der Waals surface area contributed by atoms with Crippen LogP contribution in [0.4, 0.5) is 14.5 Å². The Bertz CT molecular complexity index is 1010. The van der Waals surface area contributed by atoms with Crippen LogP contribution in [-0.2, 0) is 9.59 Å². The molecule has 10 heteroatoms. The highest BCUT2D eigenvalue weighted by atomic mass is 19.1. The highest BCUT2D eigenvalue weighted by Gasteiger charge is 2.35. The Labute approximate surface area is 169 Å². The molecule has 30 heavy (non-hydrogen) atoms. The first-order chi connectivity index (χ1) is 14.4. The Morgan fingerprint density at radius 3 is 2.40 bits per heavy atom. The minimum absolute atomic E-state index is 0.0353. The van der Waals surface area contributed by atoms with E-state index < -0.39 is 35.3 Å². The number of hydrogen-bond acceptors (Lipinski definition) is 5. The van der Waals surface area contributed by atoms with Crippen LogP contribution in [0.1, 0.15) is 16.8 Å². The SMILES string of the molecule is O=C(NNC(=O)C1CC(=O)N(c2cc(F)cc(F)c2)C1)c1ccc2c(c1)OCCO2. The minimum Gasteiger partial charge on any atom is -0.486 e. The molecule has 2 aliphatic heterocycles. The van der Waals surface area contributed by atoms with E-state index in [1.54, 1.807) is 6.07 Å². The van der Waals surface area contributed by atoms with Crippen LogP contribution in [0, 0.1) is 17.6 Å². The number of nitrogens with one attached hydrogen (secondary N) is 2. The van der Waals surface area contributed by atoms with Gasteiger partial charge in [-0.15, -0.1) is 0 Å². The summed E-state index contributed by atoms with van der Waals surface area (Å²) < 4.78 is 37.6. The van der Waals surface area contributed by atoms with Gasteiger partial charge in [-0.2, -0.15) is 0 Å². The van der Waals surface area contributed by atoms with Crippen LogP contribution in [-0.4, -0.2) is 37.5 Å². The fraction of sp³-hybridized carbons (Fsp3) is 0.250. The summed E-state index contributed by atoms with van der Waals surface area (Å²) in [5, 5.41) is 0. The van der Waals surface area contributed by atoms with Gasteiger partial charge in [0.25, 0.3) is 5.91 Å². The molecule has 8 nitrogen and oxygen atoms in total. The van der Waals surface area contributed by atoms with E-state index in [2.05, 4.69) is 10.9 Å². The predicted octanol–water partition coefficient (Wildman–Crippen LogP) is 1.55. The number of hydrazine groups is 1. The predicted molar refractivity (Wildman–Crippen MR) is 99.9 cm³/mol. The van der Waals surface area contributed by atoms with Crippen molar-refractivity contribution in [3.63, 3.8) is 0 Å². The van der Waals surface area contributed by atoms with E-state index >= 15 is 0 Å². The highest BCUT2D eigenvalue weighted by molar-refractivity contribution is 6.01. The van der Waals surface area contributed by atoms with Crippen molar-refractivity contribution in [2.45, 2.75) is 6.42 Å². The van der Waals surface area contributed by atoms with Gasteiger partial charge >= 0.3 is 0 Å². The molecule has 1 atom stereocenters. The van der Waals surface area contributed by atoms with Gasteiger partial charge in [-0.3, -0.25) is 25.2 Å². The van der Waals surface area contributed by atoms with E-state index in [0.29, 0.717) is 30.8 Å². The number of halogens is 2. The van der Waals surface area contributed by atoms with Gasteiger partial charge in [0.1, 0.15) is 24.8 Å². The number of carbonyl (C=O) groups is 3. The Balaban J connectivity index is 1.36. The molecule has 1 unspecified atom stereocenters. The van der Waals surface area contributed by atoms with Crippen LogP contribution in [0.2, 0.25) is 0 Å². The second-order valence-corrected chi connectivity index (χ2v) is 6.83. The summed E-state index contributed by atoms with van der Waals surface area (Å²) in [4.78, 5) is 38.0. The lowest BCUT2D eigenvalue weighted by Crippen LogP contribution is -2.45. The van der Waals surface area contributed by atoms with Crippen LogP contribution >= 0.6 is 0 Å². The molecule has 3 amide bonds. The summed E-state index contributed by atoms with van der Waals surface area (Å²) in [7, 11) is 0. The van der Waals surface area contributed by atoms with Gasteiger partial charge in [0.15, 0.2) is 11.5 Å². The molecule has 1 saturated heterocycles. The third kappa shape index (κ3) is 4.02. The van der Waals surface area contributed by atoms with Crippen LogP contribution in [0.25, 0.3) is 0 Å². The quantitative estimate of drug-likeness (QED) is 0.739. The monoisotopic (exact) mass is 417 g/mol. The summed E-state index contributed by atoms with van der Waals surface area (Å²) in [6, 6.07) is 7.35. The molecule has 2 aromatic carbocycles. The van der Waals surface area contributed by atoms with Crippen molar-refractivity contribution < 1.29 is 32.6 Å². The Morgan fingerprint density at radius 1 is 0.967 bits per heavy atom. The lowest BCUT2D eigenvalue weighted by Gasteiger charge is -2.19. The second-order valence-electron chi connectivity index (χ2n) is 6.83. The zero-order valence-corrected chi connectivity index (χ0v) is 15.6.